The van der Waals surface area contributed by atoms with Gasteiger partial charge in [-0.3, -0.25) is 0 Å². The maximum absolute atomic E-state index is 7.99. The van der Waals surface area contributed by atoms with Gasteiger partial charge in [0.25, 0.3) is 0 Å². The molecule has 8 saturated carbocycles. The largest absolute Gasteiger partial charge is 0.518 e. The molecule has 102 heavy (non-hydrogen) atoms. The SMILES string of the molecule is CCO[Si](OCC)(OCC)C1(S(S)(SS)C(=C(CC)C(CCC(C)C)(S(S)(SS)C2([Si](OCC)(OCC)OCC)CC3CCC2(CC)C3)S(S)(SS)C2([Si](OCC)(OCC)OCC)CC3CCC2(CC)C3)S(S)(SS)C2([Si](OCC)(OCC)OCC)CC3CCC2(CC)C3)CC2CCC1(CC)C2. The van der Waals surface area contributed by atoms with Crippen molar-refractivity contribution in [1.82, 2.24) is 0 Å². The third-order valence-corrected chi connectivity index (χ3v) is 99.9. The van der Waals surface area contributed by atoms with E-state index < -0.39 is 111 Å². The van der Waals surface area contributed by atoms with E-state index in [-0.39, 0.29) is 5.92 Å². The summed E-state index contributed by atoms with van der Waals surface area (Å²) in [6, 6.07) is 0. The molecule has 0 aromatic carbocycles. The highest BCUT2D eigenvalue weighted by Gasteiger charge is 2.92. The quantitative estimate of drug-likeness (QED) is 0.0168. The topological polar surface area (TPSA) is 111 Å². The first-order chi connectivity index (χ1) is 48.6. The van der Waals surface area contributed by atoms with Crippen molar-refractivity contribution in [2.75, 3.05) is 79.3 Å². The highest BCUT2D eigenvalue weighted by Crippen LogP contribution is 3.08. The van der Waals surface area contributed by atoms with E-state index in [1.165, 1.54) is 9.81 Å². The van der Waals surface area contributed by atoms with Crippen LogP contribution in [-0.2, 0) is 53.1 Å². The summed E-state index contributed by atoms with van der Waals surface area (Å²) in [4.78, 5) is 0. The fraction of sp³-hybridized carbons (Fsp3) is 0.971. The summed E-state index contributed by atoms with van der Waals surface area (Å²) in [5.74, 6) is 1.48. The Hall–Kier alpha value is 5.73. The minimum atomic E-state index is -4.18. The molecule has 0 saturated heterocycles. The molecule has 0 amide bonds. The molecule has 0 aromatic heterocycles. The fourth-order valence-electron chi connectivity index (χ4n) is 24.1. The van der Waals surface area contributed by atoms with E-state index in [0.29, 0.717) is 116 Å². The van der Waals surface area contributed by atoms with E-state index in [1.807, 2.05) is 0 Å². The second-order valence-electron chi connectivity index (χ2n) is 30.7. The van der Waals surface area contributed by atoms with Crippen molar-refractivity contribution >= 4 is 200 Å². The summed E-state index contributed by atoms with van der Waals surface area (Å²) in [5, 5.41) is 0. The normalized spacial score (nSPS) is 36.4. The molecule has 12 nitrogen and oxygen atoms in total. The number of rotatable bonds is 49. The van der Waals surface area contributed by atoms with Crippen LogP contribution in [0.5, 0.6) is 0 Å². The first-order valence-corrected chi connectivity index (χ1v) is 66.7. The van der Waals surface area contributed by atoms with Gasteiger partial charge in [-0.05, 0) is 327 Å². The van der Waals surface area contributed by atoms with Crippen molar-refractivity contribution in [2.24, 2.45) is 51.2 Å². The Labute approximate surface area is 686 Å². The standard InChI is InChI=1S/C70H140O12S16Si4/c1-20-60(61(95(87,91-83)67(51-56-38-42-62(67,21-2)47-56)99(71-25-6,72-26-7)73-27-8)96(88,92-84)68(52-57-39-43-63(68,22-3)48-57)100(74-28-9,75-29-10)76-30-11)66(46-37-55(18)19,97(89,93-85)69(53-58-40-44-64(69,23-4)49-58)101(77-31-12,78-32-13)79-33-14)98(90,94-86)70(54-59-41-45-65(70,24-5)50-59)102(80-34-15,81-35-16)82-36-17/h55-59,83-90H,20-54H2,1-19H3. The van der Waals surface area contributed by atoms with Crippen molar-refractivity contribution in [3.8, 4) is 0 Å². The Kier molecular flexibility index (Phi) is 33.8. The summed E-state index contributed by atoms with van der Waals surface area (Å²) in [6.07, 6.45) is 20.7. The van der Waals surface area contributed by atoms with Crippen LogP contribution in [0, 0.1) is 51.2 Å². The highest BCUT2D eigenvalue weighted by molar-refractivity contribution is 9.44. The van der Waals surface area contributed by atoms with Crippen molar-refractivity contribution in [3.63, 3.8) is 0 Å². The van der Waals surface area contributed by atoms with Crippen LogP contribution in [0.1, 0.15) is 279 Å². The average molecular weight is 1800 g/mol. The van der Waals surface area contributed by atoms with Gasteiger partial charge in [0.15, 0.2) is 0 Å². The zero-order valence-electron chi connectivity index (χ0n) is 65.9. The van der Waals surface area contributed by atoms with Gasteiger partial charge < -0.3 is 53.1 Å². The summed E-state index contributed by atoms with van der Waals surface area (Å²) in [5.41, 5.74) is -0.366. The molecule has 8 fully saturated rings. The Morgan fingerprint density at radius 2 is 0.588 bits per heavy atom. The average Bonchev–Trinajstić information content (AvgIpc) is 1.21. The Morgan fingerprint density at radius 1 is 0.363 bits per heavy atom. The van der Waals surface area contributed by atoms with Gasteiger partial charge in [0.2, 0.25) is 0 Å². The number of hydrogen-bond acceptors (Lipinski definition) is 24. The number of hydrogen-bond donors (Lipinski definition) is 8. The van der Waals surface area contributed by atoms with Crippen LogP contribution in [-0.4, -0.2) is 136 Å². The summed E-state index contributed by atoms with van der Waals surface area (Å²) < 4.78 is 91.8. The van der Waals surface area contributed by atoms with Crippen LogP contribution in [0.25, 0.3) is 0 Å². The Morgan fingerprint density at radius 3 is 0.775 bits per heavy atom. The molecule has 16 unspecified atom stereocenters. The highest BCUT2D eigenvalue weighted by atomic mass is 33.8. The van der Waals surface area contributed by atoms with Gasteiger partial charge in [0.05, 0.1) is 21.6 Å². The van der Waals surface area contributed by atoms with E-state index in [1.54, 1.807) is 39.3 Å². The Bertz CT molecular complexity index is 2570. The van der Waals surface area contributed by atoms with E-state index in [2.05, 4.69) is 132 Å². The maximum Gasteiger partial charge on any atom is 0.518 e. The van der Waals surface area contributed by atoms with E-state index in [4.69, 9.17) is 146 Å². The molecule has 8 aliphatic rings. The minimum Gasteiger partial charge on any atom is -0.373 e. The van der Waals surface area contributed by atoms with Crippen molar-refractivity contribution in [3.05, 3.63) is 9.81 Å². The molecular weight excluding hydrogens is 1660 g/mol. The van der Waals surface area contributed by atoms with Crippen LogP contribution >= 0.6 is 165 Å². The van der Waals surface area contributed by atoms with Crippen LogP contribution in [0.15, 0.2) is 9.81 Å². The lowest BCUT2D eigenvalue weighted by atomic mass is 9.80. The minimum absolute atomic E-state index is 0.186. The van der Waals surface area contributed by atoms with Gasteiger partial charge in [-0.2, -0.15) is 0 Å². The third-order valence-electron chi connectivity index (χ3n) is 27.1. The van der Waals surface area contributed by atoms with Crippen molar-refractivity contribution in [1.29, 1.82) is 0 Å². The lowest BCUT2D eigenvalue weighted by Gasteiger charge is -2.77. The second kappa shape index (κ2) is 36.9. The molecular formula is C70H140O12S16Si4. The predicted molar refractivity (Wildman–Crippen MR) is 489 cm³/mol. The number of thiol groups is 8. The van der Waals surface area contributed by atoms with E-state index >= 15 is 0 Å². The lowest BCUT2D eigenvalue weighted by Crippen LogP contribution is -2.76. The Balaban J connectivity index is 1.93. The summed E-state index contributed by atoms with van der Waals surface area (Å²) >= 11 is 54.5. The number of fused-ring (bicyclic) bond motifs is 8. The second-order valence-corrected chi connectivity index (χ2v) is 76.5. The van der Waals surface area contributed by atoms with Crippen molar-refractivity contribution in [2.45, 2.75) is 301 Å². The monoisotopic (exact) mass is 1800 g/mol. The summed E-state index contributed by atoms with van der Waals surface area (Å²) in [7, 11) is -22.4. The lowest BCUT2D eigenvalue weighted by molar-refractivity contribution is 0.0335. The van der Waals surface area contributed by atoms with Gasteiger partial charge in [-0.15, -0.1) is 109 Å². The molecule has 8 bridgehead atoms. The fourth-order valence-corrected chi connectivity index (χ4v) is 111. The molecule has 0 spiro atoms. The molecule has 16 atom stereocenters. The molecule has 0 N–H and O–H groups in total. The predicted octanol–water partition coefficient (Wildman–Crippen LogP) is 25.0. The zero-order chi connectivity index (χ0) is 75.6. The van der Waals surface area contributed by atoms with Crippen LogP contribution in [0.3, 0.4) is 0 Å². The van der Waals surface area contributed by atoms with Gasteiger partial charge in [0, 0.05) is 83.5 Å². The molecule has 0 aromatic rings. The van der Waals surface area contributed by atoms with Gasteiger partial charge >= 0.3 is 35.2 Å². The zero-order valence-corrected chi connectivity index (χ0v) is 83.6. The van der Waals surface area contributed by atoms with E-state index in [0.717, 1.165) is 135 Å². The third kappa shape index (κ3) is 13.1. The maximum atomic E-state index is 7.99. The molecule has 0 radical (unpaired) electrons. The van der Waals surface area contributed by atoms with Crippen molar-refractivity contribution < 1.29 is 53.1 Å². The van der Waals surface area contributed by atoms with Crippen LogP contribution in [0.2, 0.25) is 0 Å². The first kappa shape index (κ1) is 93.2. The summed E-state index contributed by atoms with van der Waals surface area (Å²) in [6.45, 7) is 47.6. The first-order valence-electron chi connectivity index (χ1n) is 39.5. The molecule has 0 aliphatic heterocycles. The molecule has 604 valence electrons. The molecule has 8 rings (SSSR count). The van der Waals surface area contributed by atoms with Crippen LogP contribution in [0.4, 0.5) is 0 Å². The van der Waals surface area contributed by atoms with E-state index in [9.17, 15) is 0 Å². The van der Waals surface area contributed by atoms with Gasteiger partial charge in [-0.25, -0.2) is 0 Å². The van der Waals surface area contributed by atoms with Gasteiger partial charge in [-0.1, -0.05) is 64.7 Å². The van der Waals surface area contributed by atoms with Crippen LogP contribution < -0.4 is 0 Å². The van der Waals surface area contributed by atoms with Gasteiger partial charge in [0.1, 0.15) is 0 Å². The smallest absolute Gasteiger partial charge is 0.373 e. The molecule has 0 heterocycles. The molecule has 8 aliphatic carbocycles. The molecule has 32 heteroatoms.